The Kier molecular flexibility index (Phi) is 3.59. The largest absolute Gasteiger partial charge is 0.386 e. The number of amidine groups is 1. The van der Waals surface area contributed by atoms with Crippen LogP contribution in [0.2, 0.25) is 10.0 Å². The zero-order valence-electron chi connectivity index (χ0n) is 13.6. The number of pyridine rings is 1. The maximum absolute atomic E-state index is 6.12. The van der Waals surface area contributed by atoms with E-state index in [-0.39, 0.29) is 5.60 Å². The zero-order chi connectivity index (χ0) is 17.0. The van der Waals surface area contributed by atoms with Crippen molar-refractivity contribution in [2.45, 2.75) is 24.9 Å². The highest BCUT2D eigenvalue weighted by atomic mass is 35.5. The van der Waals surface area contributed by atoms with Gasteiger partial charge in [0.1, 0.15) is 5.82 Å². The maximum Gasteiger partial charge on any atom is 0.160 e. The molecule has 1 spiro atoms. The predicted molar refractivity (Wildman–Crippen MR) is 100 cm³/mol. The van der Waals surface area contributed by atoms with Crippen molar-refractivity contribution in [1.82, 2.24) is 9.88 Å². The first-order chi connectivity index (χ1) is 12.1. The fraction of sp³-hybridized carbons (Fsp3) is 0.444. The van der Waals surface area contributed by atoms with Gasteiger partial charge in [0.15, 0.2) is 11.4 Å². The molecule has 25 heavy (non-hydrogen) atoms. The van der Waals surface area contributed by atoms with Gasteiger partial charge in [0.05, 0.1) is 16.5 Å². The third-order valence-corrected chi connectivity index (χ3v) is 6.38. The van der Waals surface area contributed by atoms with Crippen molar-refractivity contribution in [2.24, 2.45) is 11.1 Å². The number of anilines is 1. The number of rotatable bonds is 1. The third-order valence-electron chi connectivity index (χ3n) is 5.66. The van der Waals surface area contributed by atoms with Crippen LogP contribution in [-0.4, -0.2) is 41.0 Å². The van der Waals surface area contributed by atoms with Gasteiger partial charge in [-0.2, -0.15) is 0 Å². The minimum atomic E-state index is -0.146. The fourth-order valence-electron chi connectivity index (χ4n) is 4.34. The van der Waals surface area contributed by atoms with Crippen molar-refractivity contribution in [3.63, 3.8) is 0 Å². The Bertz CT molecular complexity index is 879. The number of halogens is 2. The van der Waals surface area contributed by atoms with Crippen LogP contribution in [0.4, 0.5) is 5.82 Å². The number of nitrogens with zero attached hydrogens (tertiary/aromatic N) is 3. The van der Waals surface area contributed by atoms with Gasteiger partial charge in [-0.3, -0.25) is 4.90 Å². The highest BCUT2D eigenvalue weighted by Crippen LogP contribution is 2.43. The maximum atomic E-state index is 6.12. The number of oxime groups is 1. The Hall–Kier alpha value is -1.56. The van der Waals surface area contributed by atoms with Crippen molar-refractivity contribution in [3.05, 3.63) is 34.4 Å². The molecule has 0 radical (unpaired) electrons. The topological polar surface area (TPSA) is 49.8 Å². The minimum Gasteiger partial charge on any atom is -0.386 e. The molecule has 1 aromatic carbocycles. The van der Waals surface area contributed by atoms with Crippen molar-refractivity contribution >= 4 is 45.6 Å². The number of nitrogens with one attached hydrogen (secondary N) is 1. The van der Waals surface area contributed by atoms with Crippen LogP contribution in [0.1, 0.15) is 19.3 Å². The summed E-state index contributed by atoms with van der Waals surface area (Å²) in [6.07, 6.45) is 5.02. The Morgan fingerprint density at radius 3 is 2.60 bits per heavy atom. The average molecular weight is 377 g/mol. The number of hydrogen-bond acceptors (Lipinski definition) is 5. The van der Waals surface area contributed by atoms with Gasteiger partial charge in [0, 0.05) is 24.0 Å². The van der Waals surface area contributed by atoms with Crippen LogP contribution in [-0.2, 0) is 4.84 Å². The Morgan fingerprint density at radius 1 is 1.12 bits per heavy atom. The fourth-order valence-corrected chi connectivity index (χ4v) is 4.69. The van der Waals surface area contributed by atoms with Crippen LogP contribution in [0.25, 0.3) is 10.8 Å². The Morgan fingerprint density at radius 2 is 1.88 bits per heavy atom. The lowest BCUT2D eigenvalue weighted by atomic mass is 9.73. The summed E-state index contributed by atoms with van der Waals surface area (Å²) in [6, 6.07) is 5.64. The van der Waals surface area contributed by atoms with E-state index in [0.717, 1.165) is 35.4 Å². The van der Waals surface area contributed by atoms with E-state index in [2.05, 4.69) is 20.4 Å². The lowest BCUT2D eigenvalue weighted by Crippen LogP contribution is -2.59. The van der Waals surface area contributed by atoms with Crippen LogP contribution in [0.3, 0.4) is 0 Å². The molecule has 130 valence electrons. The van der Waals surface area contributed by atoms with Crippen LogP contribution in [0.15, 0.2) is 29.6 Å². The number of fused-ring (bicyclic) bond motifs is 3. The van der Waals surface area contributed by atoms with Crippen LogP contribution in [0, 0.1) is 5.92 Å². The summed E-state index contributed by atoms with van der Waals surface area (Å²) < 4.78 is 0. The summed E-state index contributed by atoms with van der Waals surface area (Å²) in [5.74, 6) is 2.19. The van der Waals surface area contributed by atoms with E-state index in [1.165, 1.54) is 25.9 Å². The summed E-state index contributed by atoms with van der Waals surface area (Å²) >= 11 is 12.2. The van der Waals surface area contributed by atoms with Gasteiger partial charge in [-0.25, -0.2) is 4.98 Å². The molecule has 3 saturated heterocycles. The highest BCUT2D eigenvalue weighted by molar-refractivity contribution is 6.42. The molecule has 0 amide bonds. The Balaban J connectivity index is 1.36. The van der Waals surface area contributed by atoms with Crippen molar-refractivity contribution in [1.29, 1.82) is 0 Å². The SMILES string of the molecule is Clc1cc2cnc(NC3=NOC4(C3)CN3CCC4CC3)cc2cc1Cl. The lowest BCUT2D eigenvalue weighted by molar-refractivity contribution is -0.136. The van der Waals surface area contributed by atoms with E-state index in [9.17, 15) is 0 Å². The number of aromatic nitrogens is 1. The molecule has 2 aromatic rings. The molecule has 5 nitrogen and oxygen atoms in total. The van der Waals surface area contributed by atoms with Gasteiger partial charge in [-0.15, -0.1) is 0 Å². The summed E-state index contributed by atoms with van der Waals surface area (Å²) in [5, 5.41) is 10.7. The average Bonchev–Trinajstić information content (AvgIpc) is 2.99. The molecule has 0 saturated carbocycles. The molecular formula is C18H18Cl2N4O. The molecule has 5 heterocycles. The van der Waals surface area contributed by atoms with Crippen molar-refractivity contribution in [2.75, 3.05) is 25.0 Å². The first-order valence-corrected chi connectivity index (χ1v) is 9.36. The molecule has 1 aromatic heterocycles. The second kappa shape index (κ2) is 5.73. The lowest BCUT2D eigenvalue weighted by Gasteiger charge is -2.49. The van der Waals surface area contributed by atoms with Gasteiger partial charge in [-0.1, -0.05) is 28.4 Å². The molecule has 6 rings (SSSR count). The number of piperidine rings is 3. The molecular weight excluding hydrogens is 359 g/mol. The second-order valence-electron chi connectivity index (χ2n) is 7.23. The van der Waals surface area contributed by atoms with Gasteiger partial charge < -0.3 is 10.2 Å². The van der Waals surface area contributed by atoms with E-state index < -0.39 is 0 Å². The van der Waals surface area contributed by atoms with Crippen LogP contribution in [0.5, 0.6) is 0 Å². The molecule has 1 N–H and O–H groups in total. The number of hydrogen-bond donors (Lipinski definition) is 1. The number of benzene rings is 1. The van der Waals surface area contributed by atoms with Crippen LogP contribution < -0.4 is 5.32 Å². The van der Waals surface area contributed by atoms with Crippen LogP contribution >= 0.6 is 23.2 Å². The van der Waals surface area contributed by atoms with Gasteiger partial charge in [0.25, 0.3) is 0 Å². The molecule has 4 aliphatic rings. The molecule has 2 bridgehead atoms. The summed E-state index contributed by atoms with van der Waals surface area (Å²) in [4.78, 5) is 12.9. The van der Waals surface area contributed by atoms with E-state index in [1.807, 2.05) is 18.2 Å². The molecule has 0 aliphatic carbocycles. The molecule has 4 aliphatic heterocycles. The van der Waals surface area contributed by atoms with E-state index in [1.54, 1.807) is 6.20 Å². The van der Waals surface area contributed by atoms with Crippen molar-refractivity contribution < 1.29 is 4.84 Å². The molecule has 1 atom stereocenters. The van der Waals surface area contributed by atoms with E-state index in [4.69, 9.17) is 28.0 Å². The van der Waals surface area contributed by atoms with Gasteiger partial charge in [-0.05, 0) is 49.5 Å². The quantitative estimate of drug-likeness (QED) is 0.811. The summed E-state index contributed by atoms with van der Waals surface area (Å²) in [6.45, 7) is 3.35. The van der Waals surface area contributed by atoms with Gasteiger partial charge in [0.2, 0.25) is 0 Å². The first kappa shape index (κ1) is 15.7. The monoisotopic (exact) mass is 376 g/mol. The summed E-state index contributed by atoms with van der Waals surface area (Å²) in [5.41, 5.74) is -0.146. The normalized spacial score (nSPS) is 30.6. The van der Waals surface area contributed by atoms with E-state index >= 15 is 0 Å². The standard InChI is InChI=1S/C18H18Cl2N4O/c19-14-5-11-7-16(21-9-12(11)6-15(14)20)22-17-8-18(25-23-17)10-24-3-1-13(18)2-4-24/h5-7,9,13H,1-4,8,10H2,(H,21,22,23). The third kappa shape index (κ3) is 2.65. The first-order valence-electron chi connectivity index (χ1n) is 8.61. The summed E-state index contributed by atoms with van der Waals surface area (Å²) in [7, 11) is 0. The molecule has 7 heteroatoms. The van der Waals surface area contributed by atoms with Crippen molar-refractivity contribution in [3.8, 4) is 0 Å². The highest BCUT2D eigenvalue weighted by Gasteiger charge is 2.52. The minimum absolute atomic E-state index is 0.146. The molecule has 1 unspecified atom stereocenters. The van der Waals surface area contributed by atoms with Gasteiger partial charge >= 0.3 is 0 Å². The predicted octanol–water partition coefficient (Wildman–Crippen LogP) is 4.15. The molecule has 3 fully saturated rings. The second-order valence-corrected chi connectivity index (χ2v) is 8.04. The smallest absolute Gasteiger partial charge is 0.160 e. The Labute approximate surface area is 155 Å². The van der Waals surface area contributed by atoms with E-state index in [0.29, 0.717) is 16.0 Å². The zero-order valence-corrected chi connectivity index (χ0v) is 15.1.